The van der Waals surface area contributed by atoms with Gasteiger partial charge in [-0.2, -0.15) is 0 Å². The van der Waals surface area contributed by atoms with E-state index in [1.807, 2.05) is 12.1 Å². The van der Waals surface area contributed by atoms with Crippen LogP contribution in [0.3, 0.4) is 0 Å². The Balaban J connectivity index is 2.01. The Bertz CT molecular complexity index is 775. The van der Waals surface area contributed by atoms with Gasteiger partial charge in [0.25, 0.3) is 0 Å². The van der Waals surface area contributed by atoms with Crippen LogP contribution in [0.15, 0.2) is 30.5 Å². The lowest BCUT2D eigenvalue weighted by Gasteiger charge is -2.12. The molecule has 0 aliphatic heterocycles. The first kappa shape index (κ1) is 16.3. The molecule has 124 valence electrons. The number of carbonyl (C=O) groups is 1. The van der Waals surface area contributed by atoms with Gasteiger partial charge >= 0.3 is 5.97 Å². The number of hydrogen-bond donors (Lipinski definition) is 0. The van der Waals surface area contributed by atoms with Crippen molar-refractivity contribution < 1.29 is 9.53 Å². The van der Waals surface area contributed by atoms with Crippen molar-refractivity contribution in [1.29, 1.82) is 0 Å². The number of esters is 1. The summed E-state index contributed by atoms with van der Waals surface area (Å²) in [7, 11) is 1.78. The summed E-state index contributed by atoms with van der Waals surface area (Å²) < 4.78 is 6.86. The minimum absolute atomic E-state index is 0.317. The van der Waals surface area contributed by atoms with E-state index in [0.29, 0.717) is 29.5 Å². The Kier molecular flexibility index (Phi) is 4.71. The summed E-state index contributed by atoms with van der Waals surface area (Å²) >= 11 is 0. The lowest BCUT2D eigenvalue weighted by atomic mass is 9.95. The molecule has 0 radical (unpaired) electrons. The third-order valence-corrected chi connectivity index (χ3v) is 4.78. The molecule has 1 heterocycles. The maximum atomic E-state index is 12.3. The van der Waals surface area contributed by atoms with Crippen molar-refractivity contribution in [2.24, 2.45) is 7.05 Å². The first-order valence-electron chi connectivity index (χ1n) is 8.50. The number of aryl methyl sites for hydroxylation is 1. The van der Waals surface area contributed by atoms with Gasteiger partial charge < -0.3 is 9.30 Å². The Morgan fingerprint density at radius 1 is 1.29 bits per heavy atom. The van der Waals surface area contributed by atoms with Gasteiger partial charge in [0.05, 0.1) is 13.2 Å². The molecule has 0 bridgehead atoms. The Morgan fingerprint density at radius 3 is 2.54 bits per heavy atom. The van der Waals surface area contributed by atoms with E-state index in [1.54, 1.807) is 24.7 Å². The summed E-state index contributed by atoms with van der Waals surface area (Å²) in [6.45, 7) is 9.53. The monoisotopic (exact) mass is 322 g/mol. The van der Waals surface area contributed by atoms with E-state index >= 15 is 0 Å². The van der Waals surface area contributed by atoms with Crippen LogP contribution in [-0.2, 0) is 11.8 Å². The van der Waals surface area contributed by atoms with Gasteiger partial charge in [-0.3, -0.25) is 0 Å². The molecule has 4 nitrogen and oxygen atoms in total. The SMILES string of the molecule is [C-]#[N+]c1cn(C)c(C(=O)OCC)c1-c1ccc(C2CCCC2)cc1. The Labute approximate surface area is 142 Å². The van der Waals surface area contributed by atoms with E-state index in [1.165, 1.54) is 31.2 Å². The molecule has 1 aliphatic carbocycles. The minimum Gasteiger partial charge on any atom is -0.461 e. The predicted molar refractivity (Wildman–Crippen MR) is 94.3 cm³/mol. The Hall–Kier alpha value is -2.54. The van der Waals surface area contributed by atoms with Crippen molar-refractivity contribution in [2.45, 2.75) is 38.5 Å². The second kappa shape index (κ2) is 6.92. The molecule has 1 aliphatic rings. The summed E-state index contributed by atoms with van der Waals surface area (Å²) in [6.07, 6.45) is 6.82. The van der Waals surface area contributed by atoms with Gasteiger partial charge in [-0.25, -0.2) is 9.64 Å². The van der Waals surface area contributed by atoms with E-state index < -0.39 is 0 Å². The van der Waals surface area contributed by atoms with Crippen molar-refractivity contribution in [3.8, 4) is 11.1 Å². The van der Waals surface area contributed by atoms with E-state index in [0.717, 1.165) is 5.56 Å². The summed E-state index contributed by atoms with van der Waals surface area (Å²) in [4.78, 5) is 15.9. The van der Waals surface area contributed by atoms with Gasteiger partial charge in [0, 0.05) is 18.8 Å². The second-order valence-electron chi connectivity index (χ2n) is 6.28. The van der Waals surface area contributed by atoms with Crippen molar-refractivity contribution in [3.05, 3.63) is 53.1 Å². The van der Waals surface area contributed by atoms with E-state index in [9.17, 15) is 4.79 Å². The second-order valence-corrected chi connectivity index (χ2v) is 6.28. The molecule has 0 amide bonds. The molecule has 1 saturated carbocycles. The van der Waals surface area contributed by atoms with Crippen molar-refractivity contribution >= 4 is 11.7 Å². The Morgan fingerprint density at radius 2 is 1.96 bits per heavy atom. The average Bonchev–Trinajstić information content (AvgIpc) is 3.22. The average molecular weight is 322 g/mol. The molecule has 0 unspecified atom stereocenters. The number of carbonyl (C=O) groups excluding carboxylic acids is 1. The van der Waals surface area contributed by atoms with Crippen molar-refractivity contribution in [1.82, 2.24) is 4.57 Å². The molecule has 0 N–H and O–H groups in total. The molecular formula is C20H22N2O2. The molecule has 1 aromatic carbocycles. The fraction of sp³-hybridized carbons (Fsp3) is 0.400. The van der Waals surface area contributed by atoms with Crippen molar-refractivity contribution in [3.63, 3.8) is 0 Å². The molecule has 1 fully saturated rings. The number of nitrogens with zero attached hydrogens (tertiary/aromatic N) is 2. The molecule has 0 saturated heterocycles. The van der Waals surface area contributed by atoms with Crippen LogP contribution < -0.4 is 0 Å². The number of hydrogen-bond acceptors (Lipinski definition) is 2. The van der Waals surface area contributed by atoms with Crippen LogP contribution in [0.25, 0.3) is 16.0 Å². The van der Waals surface area contributed by atoms with Crippen molar-refractivity contribution in [2.75, 3.05) is 6.61 Å². The third-order valence-electron chi connectivity index (χ3n) is 4.78. The lowest BCUT2D eigenvalue weighted by Crippen LogP contribution is -2.10. The molecule has 4 heteroatoms. The highest BCUT2D eigenvalue weighted by Crippen LogP contribution is 2.38. The number of ether oxygens (including phenoxy) is 1. The first-order valence-corrected chi connectivity index (χ1v) is 8.50. The van der Waals surface area contributed by atoms with Crippen LogP contribution in [0.5, 0.6) is 0 Å². The van der Waals surface area contributed by atoms with Gasteiger partial charge in [0.1, 0.15) is 5.69 Å². The van der Waals surface area contributed by atoms with E-state index in [-0.39, 0.29) is 5.97 Å². The van der Waals surface area contributed by atoms with Crippen LogP contribution in [0.1, 0.15) is 54.6 Å². The largest absolute Gasteiger partial charge is 0.461 e. The lowest BCUT2D eigenvalue weighted by molar-refractivity contribution is 0.0516. The highest BCUT2D eigenvalue weighted by Gasteiger charge is 2.23. The molecule has 0 atom stereocenters. The summed E-state index contributed by atoms with van der Waals surface area (Å²) in [5, 5.41) is 0. The highest BCUT2D eigenvalue weighted by atomic mass is 16.5. The summed E-state index contributed by atoms with van der Waals surface area (Å²) in [5.41, 5.74) is 3.84. The van der Waals surface area contributed by atoms with Crippen LogP contribution in [-0.4, -0.2) is 17.1 Å². The molecule has 2 aromatic rings. The topological polar surface area (TPSA) is 35.6 Å². The summed E-state index contributed by atoms with van der Waals surface area (Å²) in [6, 6.07) is 8.34. The quantitative estimate of drug-likeness (QED) is 0.581. The van der Waals surface area contributed by atoms with Crippen LogP contribution in [0, 0.1) is 6.57 Å². The van der Waals surface area contributed by atoms with E-state index in [2.05, 4.69) is 17.0 Å². The molecule has 24 heavy (non-hydrogen) atoms. The molecule has 1 aromatic heterocycles. The maximum Gasteiger partial charge on any atom is 0.354 e. The minimum atomic E-state index is -0.384. The zero-order valence-electron chi connectivity index (χ0n) is 14.2. The maximum absolute atomic E-state index is 12.3. The predicted octanol–water partition coefficient (Wildman–Crippen LogP) is 5.08. The zero-order chi connectivity index (χ0) is 17.1. The standard InChI is InChI=1S/C20H22N2O2/c1-4-24-20(23)19-18(17(21-2)13-22(19)3)16-11-9-15(10-12-16)14-7-5-6-8-14/h9-14H,4-8H2,1,3H3. The molecule has 3 rings (SSSR count). The first-order chi connectivity index (χ1) is 11.7. The van der Waals surface area contributed by atoms with Gasteiger partial charge in [0.15, 0.2) is 0 Å². The van der Waals surface area contributed by atoms with Crippen LogP contribution >= 0.6 is 0 Å². The normalized spacial score (nSPS) is 14.5. The van der Waals surface area contributed by atoms with Gasteiger partial charge in [-0.15, -0.1) is 0 Å². The third kappa shape index (κ3) is 2.94. The number of rotatable bonds is 4. The van der Waals surface area contributed by atoms with Gasteiger partial charge in [-0.05, 0) is 36.8 Å². The molecular weight excluding hydrogens is 300 g/mol. The number of benzene rings is 1. The number of aromatic nitrogens is 1. The summed E-state index contributed by atoms with van der Waals surface area (Å²) in [5.74, 6) is 0.268. The molecule has 0 spiro atoms. The van der Waals surface area contributed by atoms with E-state index in [4.69, 9.17) is 11.3 Å². The smallest absolute Gasteiger partial charge is 0.354 e. The van der Waals surface area contributed by atoms with Crippen LogP contribution in [0.2, 0.25) is 0 Å². The highest BCUT2D eigenvalue weighted by molar-refractivity contribution is 6.00. The fourth-order valence-electron chi connectivity index (χ4n) is 3.61. The van der Waals surface area contributed by atoms with Crippen LogP contribution in [0.4, 0.5) is 5.69 Å². The fourth-order valence-corrected chi connectivity index (χ4v) is 3.61. The zero-order valence-corrected chi connectivity index (χ0v) is 14.2. The van der Waals surface area contributed by atoms with Gasteiger partial charge in [0.2, 0.25) is 5.69 Å². The van der Waals surface area contributed by atoms with Gasteiger partial charge in [-0.1, -0.05) is 37.1 Å².